The van der Waals surface area contributed by atoms with E-state index in [-0.39, 0.29) is 5.70 Å². The Morgan fingerprint density at radius 1 is 1.90 bits per heavy atom. The molecule has 1 aliphatic rings. The van der Waals surface area contributed by atoms with Crippen molar-refractivity contribution >= 4 is 5.71 Å². The Balaban J connectivity index is 2.85. The lowest BCUT2D eigenvalue weighted by Crippen LogP contribution is -2.10. The van der Waals surface area contributed by atoms with Crippen LogP contribution in [0.3, 0.4) is 0 Å². The lowest BCUT2D eigenvalue weighted by atomic mass is 10.3. The number of nitrogens with zero attached hydrogens (tertiary/aromatic N) is 2. The van der Waals surface area contributed by atoms with Crippen molar-refractivity contribution in [3.63, 3.8) is 0 Å². The van der Waals surface area contributed by atoms with E-state index in [0.29, 0.717) is 5.71 Å². The highest BCUT2D eigenvalue weighted by molar-refractivity contribution is 5.95. The summed E-state index contributed by atoms with van der Waals surface area (Å²) in [6.45, 7) is 1.60. The molecular formula is C5H6N2O3. The van der Waals surface area contributed by atoms with Crippen LogP contribution < -0.4 is 0 Å². The number of aliphatic hydroxyl groups is 1. The molecule has 0 aliphatic carbocycles. The van der Waals surface area contributed by atoms with Crippen molar-refractivity contribution in [2.24, 2.45) is 4.99 Å². The van der Waals surface area contributed by atoms with E-state index in [0.717, 1.165) is 0 Å². The van der Waals surface area contributed by atoms with Crippen molar-refractivity contribution in [3.8, 4) is 0 Å². The Morgan fingerprint density at radius 3 is 2.70 bits per heavy atom. The number of rotatable bonds is 1. The lowest BCUT2D eigenvalue weighted by molar-refractivity contribution is -0.434. The van der Waals surface area contributed by atoms with Crippen LogP contribution in [0.15, 0.2) is 16.8 Å². The SMILES string of the molecule is CC1=NC(O)C([N+](=O)[O-])=C1. The van der Waals surface area contributed by atoms with Crippen LogP contribution >= 0.6 is 0 Å². The zero-order valence-electron chi connectivity index (χ0n) is 5.31. The summed E-state index contributed by atoms with van der Waals surface area (Å²) < 4.78 is 0. The monoisotopic (exact) mass is 142 g/mol. The third-order valence-corrected chi connectivity index (χ3v) is 1.16. The summed E-state index contributed by atoms with van der Waals surface area (Å²) in [5, 5.41) is 18.9. The van der Waals surface area contributed by atoms with Gasteiger partial charge in [-0.1, -0.05) is 0 Å². The predicted octanol–water partition coefficient (Wildman–Crippen LogP) is -0.0601. The summed E-state index contributed by atoms with van der Waals surface area (Å²) in [6, 6.07) is 0. The Morgan fingerprint density at radius 2 is 2.50 bits per heavy atom. The minimum absolute atomic E-state index is 0.252. The molecule has 54 valence electrons. The van der Waals surface area contributed by atoms with E-state index in [9.17, 15) is 10.1 Å². The number of hydrogen-bond donors (Lipinski definition) is 1. The molecule has 1 atom stereocenters. The second kappa shape index (κ2) is 2.18. The van der Waals surface area contributed by atoms with Crippen LogP contribution in [0.4, 0.5) is 0 Å². The van der Waals surface area contributed by atoms with Gasteiger partial charge < -0.3 is 5.11 Å². The molecule has 0 radical (unpaired) electrons. The summed E-state index contributed by atoms with van der Waals surface area (Å²) >= 11 is 0. The van der Waals surface area contributed by atoms with Crippen molar-refractivity contribution in [3.05, 3.63) is 21.9 Å². The third kappa shape index (κ3) is 1.03. The highest BCUT2D eigenvalue weighted by atomic mass is 16.6. The minimum atomic E-state index is -1.27. The zero-order valence-corrected chi connectivity index (χ0v) is 5.31. The van der Waals surface area contributed by atoms with Gasteiger partial charge in [0.05, 0.1) is 4.92 Å². The maximum Gasteiger partial charge on any atom is 0.298 e. The molecule has 5 nitrogen and oxygen atoms in total. The molecule has 1 heterocycles. The van der Waals surface area contributed by atoms with Gasteiger partial charge >= 0.3 is 0 Å². The Labute approximate surface area is 56.8 Å². The van der Waals surface area contributed by atoms with Gasteiger partial charge in [-0.05, 0) is 6.92 Å². The van der Waals surface area contributed by atoms with Crippen LogP contribution in [-0.2, 0) is 0 Å². The van der Waals surface area contributed by atoms with E-state index in [1.54, 1.807) is 6.92 Å². The van der Waals surface area contributed by atoms with Gasteiger partial charge in [0.2, 0.25) is 6.23 Å². The minimum Gasteiger partial charge on any atom is -0.363 e. The summed E-state index contributed by atoms with van der Waals surface area (Å²) in [4.78, 5) is 13.0. The molecule has 0 saturated carbocycles. The highest BCUT2D eigenvalue weighted by Crippen LogP contribution is 2.11. The van der Waals surface area contributed by atoms with E-state index in [1.165, 1.54) is 6.08 Å². The first kappa shape index (κ1) is 6.88. The van der Waals surface area contributed by atoms with Gasteiger partial charge in [-0.2, -0.15) is 0 Å². The fraction of sp³-hybridized carbons (Fsp3) is 0.400. The van der Waals surface area contributed by atoms with Gasteiger partial charge in [0, 0.05) is 11.8 Å². The largest absolute Gasteiger partial charge is 0.363 e. The molecule has 0 aromatic heterocycles. The van der Waals surface area contributed by atoms with Crippen molar-refractivity contribution in [2.45, 2.75) is 13.2 Å². The summed E-state index contributed by atoms with van der Waals surface area (Å²) in [5.74, 6) is 0. The van der Waals surface area contributed by atoms with Crippen LogP contribution in [0.25, 0.3) is 0 Å². The molecule has 1 unspecified atom stereocenters. The van der Waals surface area contributed by atoms with Gasteiger partial charge in [-0.25, -0.2) is 4.99 Å². The standard InChI is InChI=1S/C5H6N2O3/c1-3-2-4(7(9)10)5(8)6-3/h2,5,8H,1H3. The van der Waals surface area contributed by atoms with Gasteiger partial charge in [-0.3, -0.25) is 10.1 Å². The first-order chi connectivity index (χ1) is 4.61. The topological polar surface area (TPSA) is 75.7 Å². The Hall–Kier alpha value is -1.23. The van der Waals surface area contributed by atoms with Crippen LogP contribution in [0.1, 0.15) is 6.92 Å². The van der Waals surface area contributed by atoms with Crippen molar-refractivity contribution in [2.75, 3.05) is 0 Å². The Kier molecular flexibility index (Phi) is 1.50. The van der Waals surface area contributed by atoms with Crippen molar-refractivity contribution in [1.29, 1.82) is 0 Å². The average molecular weight is 142 g/mol. The molecule has 5 heteroatoms. The third-order valence-electron chi connectivity index (χ3n) is 1.16. The number of hydrogen-bond acceptors (Lipinski definition) is 4. The fourth-order valence-corrected chi connectivity index (χ4v) is 0.732. The van der Waals surface area contributed by atoms with Crippen LogP contribution in [0.2, 0.25) is 0 Å². The second-order valence-corrected chi connectivity index (χ2v) is 1.97. The van der Waals surface area contributed by atoms with E-state index in [2.05, 4.69) is 4.99 Å². The van der Waals surface area contributed by atoms with Crippen LogP contribution in [0, 0.1) is 10.1 Å². The molecular weight excluding hydrogens is 136 g/mol. The number of aliphatic hydroxyl groups excluding tert-OH is 1. The number of nitro groups is 1. The molecule has 0 aromatic carbocycles. The van der Waals surface area contributed by atoms with E-state index in [1.807, 2.05) is 0 Å². The fourth-order valence-electron chi connectivity index (χ4n) is 0.732. The molecule has 1 rings (SSSR count). The maximum atomic E-state index is 10.1. The zero-order chi connectivity index (χ0) is 7.72. The van der Waals surface area contributed by atoms with Crippen molar-refractivity contribution in [1.82, 2.24) is 0 Å². The molecule has 0 bridgehead atoms. The van der Waals surface area contributed by atoms with E-state index in [4.69, 9.17) is 5.11 Å². The quantitative estimate of drug-likeness (QED) is 0.411. The van der Waals surface area contributed by atoms with Crippen LogP contribution in [0.5, 0.6) is 0 Å². The van der Waals surface area contributed by atoms with Gasteiger partial charge in [-0.15, -0.1) is 0 Å². The Bertz CT molecular complexity index is 231. The normalized spacial score (nSPS) is 24.0. The maximum absolute atomic E-state index is 10.1. The lowest BCUT2D eigenvalue weighted by Gasteiger charge is -1.93. The number of allylic oxidation sites excluding steroid dienone is 1. The van der Waals surface area contributed by atoms with Crippen LogP contribution in [-0.4, -0.2) is 22.0 Å². The predicted molar refractivity (Wildman–Crippen MR) is 34.2 cm³/mol. The van der Waals surface area contributed by atoms with E-state index < -0.39 is 11.2 Å². The van der Waals surface area contributed by atoms with Gasteiger partial charge in [0.1, 0.15) is 0 Å². The number of aliphatic imine (C=N–C) groups is 1. The molecule has 0 aromatic rings. The summed E-state index contributed by atoms with van der Waals surface area (Å²) in [6.07, 6.45) is -0.0139. The molecule has 0 fully saturated rings. The molecule has 0 amide bonds. The highest BCUT2D eigenvalue weighted by Gasteiger charge is 2.26. The molecule has 1 N–H and O–H groups in total. The summed E-state index contributed by atoms with van der Waals surface area (Å²) in [5.41, 5.74) is 0.233. The first-order valence-corrected chi connectivity index (χ1v) is 2.69. The molecule has 10 heavy (non-hydrogen) atoms. The van der Waals surface area contributed by atoms with Gasteiger partial charge in [0.25, 0.3) is 5.70 Å². The molecule has 1 aliphatic heterocycles. The first-order valence-electron chi connectivity index (χ1n) is 2.69. The molecule has 0 spiro atoms. The molecule has 0 saturated heterocycles. The van der Waals surface area contributed by atoms with Gasteiger partial charge in [0.15, 0.2) is 0 Å². The van der Waals surface area contributed by atoms with E-state index >= 15 is 0 Å². The van der Waals surface area contributed by atoms with Crippen molar-refractivity contribution < 1.29 is 10.0 Å². The second-order valence-electron chi connectivity index (χ2n) is 1.97. The average Bonchev–Trinajstić information content (AvgIpc) is 2.10. The summed E-state index contributed by atoms with van der Waals surface area (Å²) in [7, 11) is 0. The smallest absolute Gasteiger partial charge is 0.298 e.